The maximum Gasteiger partial charge on any atom is 0.407 e. The van der Waals surface area contributed by atoms with Gasteiger partial charge in [0.25, 0.3) is 0 Å². The van der Waals surface area contributed by atoms with E-state index in [1.165, 1.54) is 19.3 Å². The fourth-order valence-electron chi connectivity index (χ4n) is 3.28. The van der Waals surface area contributed by atoms with Gasteiger partial charge in [0.1, 0.15) is 18.7 Å². The van der Waals surface area contributed by atoms with Crippen LogP contribution < -0.4 is 5.32 Å². The number of carbonyl (C=O) groups excluding carboxylic acids is 2. The van der Waals surface area contributed by atoms with E-state index in [0.29, 0.717) is 5.92 Å². The molecule has 0 aromatic heterocycles. The van der Waals surface area contributed by atoms with Gasteiger partial charge >= 0.3 is 6.09 Å². The molecular weight excluding hydrogens is 350 g/mol. The molecule has 1 N–H and O–H groups in total. The topological polar surface area (TPSA) is 83.1 Å². The molecule has 0 bridgehead atoms. The van der Waals surface area contributed by atoms with Crippen LogP contribution in [-0.2, 0) is 23.7 Å². The van der Waals surface area contributed by atoms with Crippen molar-refractivity contribution >= 4 is 12.4 Å². The highest BCUT2D eigenvalue weighted by Crippen LogP contribution is 2.29. The van der Waals surface area contributed by atoms with E-state index < -0.39 is 24.1 Å². The van der Waals surface area contributed by atoms with Crippen LogP contribution in [0.15, 0.2) is 0 Å². The van der Waals surface area contributed by atoms with E-state index in [1.807, 2.05) is 20.8 Å². The fourth-order valence-corrected chi connectivity index (χ4v) is 3.28. The molecule has 0 aromatic rings. The van der Waals surface area contributed by atoms with Crippen LogP contribution in [0.3, 0.4) is 0 Å². The van der Waals surface area contributed by atoms with Crippen molar-refractivity contribution in [2.45, 2.75) is 96.7 Å². The summed E-state index contributed by atoms with van der Waals surface area (Å²) in [5, 5.41) is 2.93. The van der Waals surface area contributed by atoms with Crippen molar-refractivity contribution in [2.75, 3.05) is 13.9 Å². The Balaban J connectivity index is 2.75. The van der Waals surface area contributed by atoms with Gasteiger partial charge in [0.05, 0.1) is 12.1 Å². The minimum Gasteiger partial charge on any atom is -0.444 e. The number of carbonyl (C=O) groups is 2. The molecule has 1 aliphatic carbocycles. The summed E-state index contributed by atoms with van der Waals surface area (Å²) in [5.74, 6) is 0.509. The summed E-state index contributed by atoms with van der Waals surface area (Å²) in [4.78, 5) is 23.5. The molecule has 1 aliphatic rings. The first-order valence-corrected chi connectivity index (χ1v) is 9.94. The Labute approximate surface area is 163 Å². The Hall–Kier alpha value is -1.18. The van der Waals surface area contributed by atoms with E-state index in [9.17, 15) is 9.59 Å². The molecule has 1 unspecified atom stereocenters. The highest BCUT2D eigenvalue weighted by atomic mass is 16.7. The van der Waals surface area contributed by atoms with Gasteiger partial charge in [0.2, 0.25) is 0 Å². The molecule has 0 aliphatic heterocycles. The summed E-state index contributed by atoms with van der Waals surface area (Å²) in [7, 11) is 1.55. The third-order valence-electron chi connectivity index (χ3n) is 4.71. The fraction of sp³-hybridized carbons (Fsp3) is 0.900. The summed E-state index contributed by atoms with van der Waals surface area (Å²) >= 11 is 0. The average molecular weight is 388 g/mol. The van der Waals surface area contributed by atoms with E-state index in [0.717, 1.165) is 25.5 Å². The average Bonchev–Trinajstić information content (AvgIpc) is 2.59. The summed E-state index contributed by atoms with van der Waals surface area (Å²) < 4.78 is 21.6. The highest BCUT2D eigenvalue weighted by molar-refractivity contribution is 5.68. The predicted molar refractivity (Wildman–Crippen MR) is 102 cm³/mol. The third-order valence-corrected chi connectivity index (χ3v) is 4.71. The van der Waals surface area contributed by atoms with E-state index in [4.69, 9.17) is 18.9 Å². The first kappa shape index (κ1) is 23.9. The molecule has 1 fully saturated rings. The molecule has 0 aromatic carbocycles. The maximum atomic E-state index is 12.3. The largest absolute Gasteiger partial charge is 0.444 e. The zero-order chi connectivity index (χ0) is 20.3. The Morgan fingerprint density at radius 2 is 1.85 bits per heavy atom. The summed E-state index contributed by atoms with van der Waals surface area (Å²) in [6.45, 7) is 7.22. The lowest BCUT2D eigenvalue weighted by Gasteiger charge is -2.32. The van der Waals surface area contributed by atoms with Crippen LogP contribution in [0.5, 0.6) is 0 Å². The second-order valence-corrected chi connectivity index (χ2v) is 8.19. The SMILES string of the molecule is COC(C)OCO[C@H](CC=O)[C@H](CC1CCCCC1)NC(=O)OC(C)(C)C. The second kappa shape index (κ2) is 12.3. The van der Waals surface area contributed by atoms with E-state index >= 15 is 0 Å². The summed E-state index contributed by atoms with van der Waals surface area (Å²) in [6.07, 6.45) is 6.33. The van der Waals surface area contributed by atoms with Crippen molar-refractivity contribution in [3.05, 3.63) is 0 Å². The molecule has 3 atom stereocenters. The first-order chi connectivity index (χ1) is 12.7. The number of aldehydes is 1. The van der Waals surface area contributed by atoms with Gasteiger partial charge in [-0.05, 0) is 40.0 Å². The Bertz CT molecular complexity index is 431. The third kappa shape index (κ3) is 10.7. The molecule has 1 rings (SSSR count). The number of amides is 1. The van der Waals surface area contributed by atoms with Gasteiger partial charge in [-0.25, -0.2) is 4.79 Å². The van der Waals surface area contributed by atoms with Crippen LogP contribution >= 0.6 is 0 Å². The molecule has 1 amide bonds. The number of nitrogens with one attached hydrogen (secondary N) is 1. The smallest absolute Gasteiger partial charge is 0.407 e. The number of methoxy groups -OCH3 is 1. The molecule has 1 saturated carbocycles. The monoisotopic (exact) mass is 387 g/mol. The Kier molecular flexibility index (Phi) is 10.9. The van der Waals surface area contributed by atoms with Crippen LogP contribution in [-0.4, -0.2) is 50.3 Å². The number of alkyl carbamates (subject to hydrolysis) is 1. The van der Waals surface area contributed by atoms with E-state index in [-0.39, 0.29) is 19.3 Å². The number of rotatable bonds is 11. The normalized spacial score (nSPS) is 19.1. The molecular formula is C20H37NO6. The van der Waals surface area contributed by atoms with Crippen molar-refractivity contribution in [3.63, 3.8) is 0 Å². The highest BCUT2D eigenvalue weighted by Gasteiger charge is 2.29. The van der Waals surface area contributed by atoms with Crippen molar-refractivity contribution in [2.24, 2.45) is 5.92 Å². The summed E-state index contributed by atoms with van der Waals surface area (Å²) in [5.41, 5.74) is -0.586. The van der Waals surface area contributed by atoms with Crippen LogP contribution in [0.2, 0.25) is 0 Å². The van der Waals surface area contributed by atoms with Crippen LogP contribution in [0.1, 0.15) is 72.6 Å². The van der Waals surface area contributed by atoms with Crippen molar-refractivity contribution < 1.29 is 28.5 Å². The molecule has 158 valence electrons. The standard InChI is InChI=1S/C20H37NO6/c1-15(24-5)25-14-26-18(11-12-22)17(13-16-9-7-6-8-10-16)21-19(23)27-20(2,3)4/h12,15-18H,6-11,13-14H2,1-5H3,(H,21,23)/t15?,17-,18+/m0/s1. The van der Waals surface area contributed by atoms with E-state index in [2.05, 4.69) is 5.32 Å². The Morgan fingerprint density at radius 3 is 2.41 bits per heavy atom. The molecule has 0 heterocycles. The number of hydrogen-bond donors (Lipinski definition) is 1. The van der Waals surface area contributed by atoms with Crippen LogP contribution in [0.25, 0.3) is 0 Å². The number of hydrogen-bond acceptors (Lipinski definition) is 6. The Morgan fingerprint density at radius 1 is 1.19 bits per heavy atom. The molecule has 0 spiro atoms. The van der Waals surface area contributed by atoms with Gasteiger partial charge in [-0.3, -0.25) is 0 Å². The predicted octanol–water partition coefficient (Wildman–Crippen LogP) is 3.79. The molecule has 0 radical (unpaired) electrons. The zero-order valence-corrected chi connectivity index (χ0v) is 17.5. The minimum atomic E-state index is -0.586. The van der Waals surface area contributed by atoms with Gasteiger partial charge in [0, 0.05) is 13.5 Å². The molecule has 7 heteroatoms. The lowest BCUT2D eigenvalue weighted by atomic mass is 9.83. The van der Waals surface area contributed by atoms with Crippen LogP contribution in [0.4, 0.5) is 4.79 Å². The van der Waals surface area contributed by atoms with Crippen molar-refractivity contribution in [3.8, 4) is 0 Å². The van der Waals surface area contributed by atoms with E-state index in [1.54, 1.807) is 14.0 Å². The quantitative estimate of drug-likeness (QED) is 0.429. The maximum absolute atomic E-state index is 12.3. The van der Waals surface area contributed by atoms with Gasteiger partial charge in [0.15, 0.2) is 6.29 Å². The lowest BCUT2D eigenvalue weighted by Crippen LogP contribution is -2.48. The second-order valence-electron chi connectivity index (χ2n) is 8.19. The van der Waals surface area contributed by atoms with Gasteiger partial charge in [-0.15, -0.1) is 0 Å². The van der Waals surface area contributed by atoms with Gasteiger partial charge in [-0.2, -0.15) is 0 Å². The van der Waals surface area contributed by atoms with Crippen molar-refractivity contribution in [1.29, 1.82) is 0 Å². The lowest BCUT2D eigenvalue weighted by molar-refractivity contribution is -0.192. The number of ether oxygens (including phenoxy) is 4. The minimum absolute atomic E-state index is 0.00925. The van der Waals surface area contributed by atoms with Crippen molar-refractivity contribution in [1.82, 2.24) is 5.32 Å². The first-order valence-electron chi connectivity index (χ1n) is 9.94. The zero-order valence-electron chi connectivity index (χ0n) is 17.5. The summed E-state index contributed by atoms with van der Waals surface area (Å²) in [6, 6.07) is -0.311. The van der Waals surface area contributed by atoms with Gasteiger partial charge in [-0.1, -0.05) is 32.1 Å². The molecule has 7 nitrogen and oxygen atoms in total. The van der Waals surface area contributed by atoms with Crippen LogP contribution in [0, 0.1) is 5.92 Å². The van der Waals surface area contributed by atoms with Gasteiger partial charge < -0.3 is 29.1 Å². The molecule has 27 heavy (non-hydrogen) atoms. The molecule has 0 saturated heterocycles.